The van der Waals surface area contributed by atoms with Crippen molar-refractivity contribution in [1.29, 1.82) is 0 Å². The number of nitrogens with zero attached hydrogens (tertiary/aromatic N) is 1. The predicted octanol–water partition coefficient (Wildman–Crippen LogP) is 2.11. The van der Waals surface area contributed by atoms with Crippen molar-refractivity contribution in [2.24, 2.45) is 11.8 Å². The summed E-state index contributed by atoms with van der Waals surface area (Å²) >= 11 is 0. The summed E-state index contributed by atoms with van der Waals surface area (Å²) in [6, 6.07) is 0.720. The normalized spacial score (nSPS) is 39.2. The third-order valence-electron chi connectivity index (χ3n) is 4.12. The van der Waals surface area contributed by atoms with Crippen molar-refractivity contribution in [2.75, 3.05) is 26.2 Å². The average Bonchev–Trinajstić information content (AvgIpc) is 2.48. The first kappa shape index (κ1) is 11.4. The minimum atomic E-state index is 0.720. The SMILES string of the molecule is CC1CCC(CN2CCNC(C)CC2)C1. The van der Waals surface area contributed by atoms with Crippen LogP contribution in [0.3, 0.4) is 0 Å². The molecule has 88 valence electrons. The summed E-state index contributed by atoms with van der Waals surface area (Å²) in [7, 11) is 0. The van der Waals surface area contributed by atoms with Crippen LogP contribution in [0, 0.1) is 11.8 Å². The summed E-state index contributed by atoms with van der Waals surface area (Å²) < 4.78 is 0. The lowest BCUT2D eigenvalue weighted by molar-refractivity contribution is 0.242. The Labute approximate surface area is 94.4 Å². The minimum absolute atomic E-state index is 0.720. The molecule has 1 aliphatic heterocycles. The molecule has 2 aliphatic rings. The van der Waals surface area contributed by atoms with Gasteiger partial charge in [0.15, 0.2) is 0 Å². The van der Waals surface area contributed by atoms with Crippen molar-refractivity contribution in [1.82, 2.24) is 10.2 Å². The molecule has 2 fully saturated rings. The van der Waals surface area contributed by atoms with Crippen LogP contribution in [0.2, 0.25) is 0 Å². The van der Waals surface area contributed by atoms with Gasteiger partial charge in [-0.05, 0) is 44.6 Å². The largest absolute Gasteiger partial charge is 0.313 e. The highest BCUT2D eigenvalue weighted by molar-refractivity contribution is 4.78. The first-order valence-electron chi connectivity index (χ1n) is 6.70. The van der Waals surface area contributed by atoms with Crippen LogP contribution in [0.5, 0.6) is 0 Å². The molecule has 2 nitrogen and oxygen atoms in total. The quantitative estimate of drug-likeness (QED) is 0.751. The zero-order valence-electron chi connectivity index (χ0n) is 10.3. The number of rotatable bonds is 2. The fraction of sp³-hybridized carbons (Fsp3) is 1.00. The molecule has 0 radical (unpaired) electrons. The van der Waals surface area contributed by atoms with Crippen LogP contribution in [-0.2, 0) is 0 Å². The van der Waals surface area contributed by atoms with E-state index < -0.39 is 0 Å². The Bertz CT molecular complexity index is 193. The van der Waals surface area contributed by atoms with E-state index in [1.54, 1.807) is 0 Å². The van der Waals surface area contributed by atoms with Crippen molar-refractivity contribution in [2.45, 2.75) is 45.6 Å². The minimum Gasteiger partial charge on any atom is -0.313 e. The van der Waals surface area contributed by atoms with Gasteiger partial charge in [-0.1, -0.05) is 13.3 Å². The van der Waals surface area contributed by atoms with E-state index in [4.69, 9.17) is 0 Å². The summed E-state index contributed by atoms with van der Waals surface area (Å²) in [5.41, 5.74) is 0. The summed E-state index contributed by atoms with van der Waals surface area (Å²) in [5, 5.41) is 3.57. The second-order valence-corrected chi connectivity index (χ2v) is 5.73. The molecule has 2 heteroatoms. The van der Waals surface area contributed by atoms with Gasteiger partial charge in [0, 0.05) is 25.7 Å². The Kier molecular flexibility index (Phi) is 4.04. The molecule has 1 aliphatic carbocycles. The van der Waals surface area contributed by atoms with Crippen molar-refractivity contribution in [3.8, 4) is 0 Å². The Hall–Kier alpha value is -0.0800. The molecular weight excluding hydrogens is 184 g/mol. The molecule has 1 saturated carbocycles. The fourth-order valence-corrected chi connectivity index (χ4v) is 3.10. The van der Waals surface area contributed by atoms with Gasteiger partial charge >= 0.3 is 0 Å². The van der Waals surface area contributed by atoms with Crippen LogP contribution in [0.15, 0.2) is 0 Å². The van der Waals surface area contributed by atoms with Crippen LogP contribution < -0.4 is 5.32 Å². The molecule has 1 N–H and O–H groups in total. The summed E-state index contributed by atoms with van der Waals surface area (Å²) in [5.74, 6) is 1.98. The van der Waals surface area contributed by atoms with Crippen molar-refractivity contribution >= 4 is 0 Å². The highest BCUT2D eigenvalue weighted by Crippen LogP contribution is 2.30. The fourth-order valence-electron chi connectivity index (χ4n) is 3.10. The first-order valence-corrected chi connectivity index (χ1v) is 6.70. The maximum atomic E-state index is 3.57. The van der Waals surface area contributed by atoms with Crippen molar-refractivity contribution in [3.05, 3.63) is 0 Å². The Morgan fingerprint density at radius 1 is 1.13 bits per heavy atom. The maximum Gasteiger partial charge on any atom is 0.0107 e. The van der Waals surface area contributed by atoms with Crippen LogP contribution >= 0.6 is 0 Å². The van der Waals surface area contributed by atoms with Gasteiger partial charge in [-0.15, -0.1) is 0 Å². The lowest BCUT2D eigenvalue weighted by Gasteiger charge is -2.23. The third kappa shape index (κ3) is 3.46. The molecule has 1 saturated heterocycles. The van der Waals surface area contributed by atoms with E-state index in [0.717, 1.165) is 17.9 Å². The van der Waals surface area contributed by atoms with E-state index in [-0.39, 0.29) is 0 Å². The molecule has 3 atom stereocenters. The summed E-state index contributed by atoms with van der Waals surface area (Å²) in [6.07, 6.45) is 5.73. The Morgan fingerprint density at radius 3 is 2.73 bits per heavy atom. The van der Waals surface area contributed by atoms with Gasteiger partial charge < -0.3 is 10.2 Å². The van der Waals surface area contributed by atoms with Gasteiger partial charge in [-0.3, -0.25) is 0 Å². The number of hydrogen-bond acceptors (Lipinski definition) is 2. The molecule has 15 heavy (non-hydrogen) atoms. The summed E-state index contributed by atoms with van der Waals surface area (Å²) in [6.45, 7) is 9.82. The number of nitrogens with one attached hydrogen (secondary N) is 1. The second-order valence-electron chi connectivity index (χ2n) is 5.73. The molecule has 0 aromatic rings. The lowest BCUT2D eigenvalue weighted by Crippen LogP contribution is -2.32. The zero-order chi connectivity index (χ0) is 10.7. The van der Waals surface area contributed by atoms with Gasteiger partial charge in [0.2, 0.25) is 0 Å². The van der Waals surface area contributed by atoms with Crippen LogP contribution in [-0.4, -0.2) is 37.1 Å². The van der Waals surface area contributed by atoms with Gasteiger partial charge in [0.05, 0.1) is 0 Å². The molecule has 0 aromatic heterocycles. The highest BCUT2D eigenvalue weighted by Gasteiger charge is 2.24. The maximum absolute atomic E-state index is 3.57. The molecule has 0 amide bonds. The summed E-state index contributed by atoms with van der Waals surface area (Å²) in [4.78, 5) is 2.68. The van der Waals surface area contributed by atoms with E-state index in [1.807, 2.05) is 0 Å². The van der Waals surface area contributed by atoms with Crippen LogP contribution in [0.25, 0.3) is 0 Å². The van der Waals surface area contributed by atoms with Crippen molar-refractivity contribution in [3.63, 3.8) is 0 Å². The highest BCUT2D eigenvalue weighted by atomic mass is 15.2. The molecule has 0 spiro atoms. The van der Waals surface area contributed by atoms with E-state index in [2.05, 4.69) is 24.1 Å². The second kappa shape index (κ2) is 5.31. The standard InChI is InChI=1S/C13H26N2/c1-11-3-4-13(9-11)10-15-7-5-12(2)14-6-8-15/h11-14H,3-10H2,1-2H3. The van der Waals surface area contributed by atoms with Gasteiger partial charge in [-0.25, -0.2) is 0 Å². The number of hydrogen-bond donors (Lipinski definition) is 1. The van der Waals surface area contributed by atoms with E-state index in [1.165, 1.54) is 51.9 Å². The van der Waals surface area contributed by atoms with Gasteiger partial charge in [0.25, 0.3) is 0 Å². The van der Waals surface area contributed by atoms with Crippen LogP contribution in [0.1, 0.15) is 39.5 Å². The topological polar surface area (TPSA) is 15.3 Å². The molecule has 1 heterocycles. The van der Waals surface area contributed by atoms with E-state index >= 15 is 0 Å². The Balaban J connectivity index is 1.74. The zero-order valence-corrected chi connectivity index (χ0v) is 10.3. The first-order chi connectivity index (χ1) is 7.24. The van der Waals surface area contributed by atoms with E-state index in [0.29, 0.717) is 0 Å². The van der Waals surface area contributed by atoms with Crippen molar-refractivity contribution < 1.29 is 0 Å². The molecule has 3 unspecified atom stereocenters. The molecule has 0 aromatic carbocycles. The monoisotopic (exact) mass is 210 g/mol. The molecule has 0 bridgehead atoms. The third-order valence-corrected chi connectivity index (χ3v) is 4.12. The molecule has 2 rings (SSSR count). The lowest BCUT2D eigenvalue weighted by atomic mass is 10.1. The van der Waals surface area contributed by atoms with Crippen LogP contribution in [0.4, 0.5) is 0 Å². The van der Waals surface area contributed by atoms with Gasteiger partial charge in [-0.2, -0.15) is 0 Å². The van der Waals surface area contributed by atoms with Gasteiger partial charge in [0.1, 0.15) is 0 Å². The average molecular weight is 210 g/mol. The molecular formula is C13H26N2. The smallest absolute Gasteiger partial charge is 0.0107 e. The van der Waals surface area contributed by atoms with E-state index in [9.17, 15) is 0 Å². The Morgan fingerprint density at radius 2 is 2.00 bits per heavy atom. The predicted molar refractivity (Wildman–Crippen MR) is 65.0 cm³/mol.